The molecule has 3 aromatic carbocycles. The third kappa shape index (κ3) is 4.58. The summed E-state index contributed by atoms with van der Waals surface area (Å²) in [7, 11) is 0. The highest BCUT2D eigenvalue weighted by atomic mass is 19.1. The number of aliphatic hydroxyl groups is 1. The molecule has 0 spiro atoms. The summed E-state index contributed by atoms with van der Waals surface area (Å²) < 4.78 is 25.6. The lowest BCUT2D eigenvalue weighted by Gasteiger charge is -2.15. The third-order valence-electron chi connectivity index (χ3n) is 3.76. The molecule has 0 aliphatic carbocycles. The van der Waals surface area contributed by atoms with Crippen molar-refractivity contribution in [1.29, 1.82) is 0 Å². The smallest absolute Gasteiger partial charge is 0.164 e. The van der Waals surface area contributed by atoms with Gasteiger partial charge >= 0.3 is 0 Å². The molecule has 1 N–H and O–H groups in total. The van der Waals surface area contributed by atoms with Crippen molar-refractivity contribution in [3.05, 3.63) is 95.3 Å². The molecule has 0 atom stereocenters. The highest BCUT2D eigenvalue weighted by Crippen LogP contribution is 2.32. The van der Waals surface area contributed by atoms with Gasteiger partial charge in [-0.15, -0.1) is 0 Å². The van der Waals surface area contributed by atoms with Crippen molar-refractivity contribution in [3.8, 4) is 11.5 Å². The minimum absolute atomic E-state index is 0.176. The summed E-state index contributed by atoms with van der Waals surface area (Å²) in [6.45, 7) is 0.242. The van der Waals surface area contributed by atoms with Gasteiger partial charge < -0.3 is 14.6 Å². The minimum atomic E-state index is -0.516. The molecular weight excluding hydrogens is 319 g/mol. The van der Waals surface area contributed by atoms with Gasteiger partial charge in [-0.2, -0.15) is 0 Å². The van der Waals surface area contributed by atoms with E-state index in [1.165, 1.54) is 12.1 Å². The molecule has 0 radical (unpaired) electrons. The van der Waals surface area contributed by atoms with E-state index in [4.69, 9.17) is 9.47 Å². The van der Waals surface area contributed by atoms with Crippen molar-refractivity contribution in [1.82, 2.24) is 0 Å². The SMILES string of the molecule is OCc1cc(OCc2ccccc2)c(OCc2ccccc2)cc1F. The molecule has 0 amide bonds. The highest BCUT2D eigenvalue weighted by molar-refractivity contribution is 5.44. The lowest BCUT2D eigenvalue weighted by molar-refractivity contribution is 0.248. The Bertz CT molecular complexity index is 804. The average Bonchev–Trinajstić information content (AvgIpc) is 2.67. The van der Waals surface area contributed by atoms with Crippen LogP contribution in [0.5, 0.6) is 11.5 Å². The van der Waals surface area contributed by atoms with Crippen LogP contribution in [0.2, 0.25) is 0 Å². The predicted molar refractivity (Wildman–Crippen MR) is 93.9 cm³/mol. The Morgan fingerprint density at radius 2 is 1.20 bits per heavy atom. The number of ether oxygens (including phenoxy) is 2. The minimum Gasteiger partial charge on any atom is -0.485 e. The molecule has 0 heterocycles. The van der Waals surface area contributed by atoms with Gasteiger partial charge in [0.05, 0.1) is 6.61 Å². The fourth-order valence-corrected chi connectivity index (χ4v) is 2.39. The first-order valence-corrected chi connectivity index (χ1v) is 8.03. The molecule has 0 bridgehead atoms. The monoisotopic (exact) mass is 338 g/mol. The van der Waals surface area contributed by atoms with Crippen molar-refractivity contribution >= 4 is 0 Å². The van der Waals surface area contributed by atoms with Crippen molar-refractivity contribution in [2.75, 3.05) is 0 Å². The number of aliphatic hydroxyl groups excluding tert-OH is 1. The Labute approximate surface area is 146 Å². The zero-order chi connectivity index (χ0) is 17.5. The van der Waals surface area contributed by atoms with E-state index in [0.717, 1.165) is 11.1 Å². The van der Waals surface area contributed by atoms with Crippen LogP contribution in [0.15, 0.2) is 72.8 Å². The molecule has 0 aromatic heterocycles. The topological polar surface area (TPSA) is 38.7 Å². The molecule has 3 nitrogen and oxygen atoms in total. The van der Waals surface area contributed by atoms with Gasteiger partial charge in [0.1, 0.15) is 19.0 Å². The standard InChI is InChI=1S/C21H19FO3/c22-19-12-21(25-15-17-9-5-2-6-10-17)20(11-18(19)13-23)24-14-16-7-3-1-4-8-16/h1-12,23H,13-15H2. The van der Waals surface area contributed by atoms with E-state index in [0.29, 0.717) is 24.7 Å². The molecule has 0 saturated carbocycles. The van der Waals surface area contributed by atoms with Crippen LogP contribution in [0.3, 0.4) is 0 Å². The summed E-state index contributed by atoms with van der Waals surface area (Å²) in [5, 5.41) is 9.29. The van der Waals surface area contributed by atoms with Gasteiger partial charge in [0.2, 0.25) is 0 Å². The van der Waals surface area contributed by atoms with Crippen LogP contribution in [0.25, 0.3) is 0 Å². The van der Waals surface area contributed by atoms with Gasteiger partial charge in [0, 0.05) is 11.6 Å². The second kappa shape index (κ2) is 8.31. The zero-order valence-corrected chi connectivity index (χ0v) is 13.7. The molecule has 25 heavy (non-hydrogen) atoms. The number of rotatable bonds is 7. The molecule has 4 heteroatoms. The molecule has 3 rings (SSSR count). The van der Waals surface area contributed by atoms with Gasteiger partial charge in [0.15, 0.2) is 11.5 Å². The van der Waals surface area contributed by atoms with Crippen LogP contribution in [0.1, 0.15) is 16.7 Å². The molecule has 128 valence electrons. The molecule has 0 saturated heterocycles. The molecule has 3 aromatic rings. The Balaban J connectivity index is 1.78. The molecule has 0 unspecified atom stereocenters. The van der Waals surface area contributed by atoms with Gasteiger partial charge in [-0.05, 0) is 17.2 Å². The van der Waals surface area contributed by atoms with E-state index in [-0.39, 0.29) is 5.56 Å². The first kappa shape index (κ1) is 17.0. The van der Waals surface area contributed by atoms with Gasteiger partial charge in [-0.25, -0.2) is 4.39 Å². The Morgan fingerprint density at radius 3 is 1.68 bits per heavy atom. The zero-order valence-electron chi connectivity index (χ0n) is 13.7. The second-order valence-corrected chi connectivity index (χ2v) is 5.60. The van der Waals surface area contributed by atoms with Gasteiger partial charge in [-0.3, -0.25) is 0 Å². The summed E-state index contributed by atoms with van der Waals surface area (Å²) >= 11 is 0. The highest BCUT2D eigenvalue weighted by Gasteiger charge is 2.12. The van der Waals surface area contributed by atoms with E-state index < -0.39 is 12.4 Å². The number of hydrogen-bond acceptors (Lipinski definition) is 3. The normalized spacial score (nSPS) is 10.5. The lowest BCUT2D eigenvalue weighted by Crippen LogP contribution is -2.03. The van der Waals surface area contributed by atoms with Crippen molar-refractivity contribution < 1.29 is 19.0 Å². The summed E-state index contributed by atoms with van der Waals surface area (Å²) in [5.41, 5.74) is 2.14. The molecular formula is C21H19FO3. The Morgan fingerprint density at radius 1 is 0.720 bits per heavy atom. The quantitative estimate of drug-likeness (QED) is 0.690. The summed E-state index contributed by atoms with van der Waals surface area (Å²) in [4.78, 5) is 0. The van der Waals surface area contributed by atoms with Crippen LogP contribution >= 0.6 is 0 Å². The first-order chi connectivity index (χ1) is 12.3. The lowest BCUT2D eigenvalue weighted by atomic mass is 10.2. The van der Waals surface area contributed by atoms with Crippen LogP contribution in [0, 0.1) is 5.82 Å². The van der Waals surface area contributed by atoms with Crippen LogP contribution in [0.4, 0.5) is 4.39 Å². The number of benzene rings is 3. The van der Waals surface area contributed by atoms with E-state index in [2.05, 4.69) is 0 Å². The van der Waals surface area contributed by atoms with Crippen molar-refractivity contribution in [3.63, 3.8) is 0 Å². The fraction of sp³-hybridized carbons (Fsp3) is 0.143. The summed E-state index contributed by atoms with van der Waals surface area (Å²) in [6, 6.07) is 22.0. The maximum Gasteiger partial charge on any atom is 0.164 e. The largest absolute Gasteiger partial charge is 0.485 e. The first-order valence-electron chi connectivity index (χ1n) is 8.03. The third-order valence-corrected chi connectivity index (χ3v) is 3.76. The predicted octanol–water partition coefficient (Wildman–Crippen LogP) is 4.48. The second-order valence-electron chi connectivity index (χ2n) is 5.60. The number of halogens is 1. The van der Waals surface area contributed by atoms with Gasteiger partial charge in [0.25, 0.3) is 0 Å². The maximum absolute atomic E-state index is 14.0. The molecule has 0 aliphatic rings. The van der Waals surface area contributed by atoms with E-state index in [9.17, 15) is 9.50 Å². The molecule has 0 aliphatic heterocycles. The van der Waals surface area contributed by atoms with E-state index >= 15 is 0 Å². The van der Waals surface area contributed by atoms with Crippen LogP contribution < -0.4 is 9.47 Å². The maximum atomic E-state index is 14.0. The Hall–Kier alpha value is -2.85. The average molecular weight is 338 g/mol. The number of hydrogen-bond donors (Lipinski definition) is 1. The summed E-state index contributed by atoms with van der Waals surface area (Å²) in [6.07, 6.45) is 0. The van der Waals surface area contributed by atoms with E-state index in [1.807, 2.05) is 60.7 Å². The van der Waals surface area contributed by atoms with Crippen molar-refractivity contribution in [2.24, 2.45) is 0 Å². The van der Waals surface area contributed by atoms with Crippen molar-refractivity contribution in [2.45, 2.75) is 19.8 Å². The van der Waals surface area contributed by atoms with E-state index in [1.54, 1.807) is 0 Å². The molecule has 0 fully saturated rings. The fourth-order valence-electron chi connectivity index (χ4n) is 2.39. The summed E-state index contributed by atoms with van der Waals surface area (Å²) in [5.74, 6) is 0.206. The van der Waals surface area contributed by atoms with Gasteiger partial charge in [-0.1, -0.05) is 60.7 Å². The van der Waals surface area contributed by atoms with Crippen LogP contribution in [-0.4, -0.2) is 5.11 Å². The Kier molecular flexibility index (Phi) is 5.65. The van der Waals surface area contributed by atoms with Crippen LogP contribution in [-0.2, 0) is 19.8 Å².